The summed E-state index contributed by atoms with van der Waals surface area (Å²) in [6.45, 7) is 4.63. The van der Waals surface area contributed by atoms with Gasteiger partial charge in [-0.1, -0.05) is 26.0 Å². The summed E-state index contributed by atoms with van der Waals surface area (Å²) in [7, 11) is 3.92. The van der Waals surface area contributed by atoms with E-state index in [0.717, 1.165) is 5.56 Å². The second kappa shape index (κ2) is 7.14. The summed E-state index contributed by atoms with van der Waals surface area (Å²) in [5.41, 5.74) is 6.67. The number of rotatable bonds is 6. The van der Waals surface area contributed by atoms with Gasteiger partial charge in [0, 0.05) is 16.7 Å². The third-order valence-electron chi connectivity index (χ3n) is 2.76. The second-order valence-corrected chi connectivity index (χ2v) is 6.60. The molecule has 0 aromatic heterocycles. The molecule has 0 bridgehead atoms. The van der Waals surface area contributed by atoms with Gasteiger partial charge in [-0.25, -0.2) is 0 Å². The van der Waals surface area contributed by atoms with Gasteiger partial charge >= 0.3 is 0 Å². The molecule has 0 aliphatic heterocycles. The SMILES string of the molecule is CC(C)Sc1ccc(C(C(O)CN)N(C)C)cc1. The molecular formula is C14H24N2OS. The molecule has 0 saturated carbocycles. The van der Waals surface area contributed by atoms with Crippen LogP contribution in [0.1, 0.15) is 25.5 Å². The minimum atomic E-state index is -0.538. The molecule has 18 heavy (non-hydrogen) atoms. The first-order valence-electron chi connectivity index (χ1n) is 6.27. The van der Waals surface area contributed by atoms with Crippen molar-refractivity contribution in [2.45, 2.75) is 36.1 Å². The average Bonchev–Trinajstić information content (AvgIpc) is 2.30. The van der Waals surface area contributed by atoms with Crippen LogP contribution in [0.4, 0.5) is 0 Å². The van der Waals surface area contributed by atoms with Crippen molar-refractivity contribution in [1.29, 1.82) is 0 Å². The molecule has 0 radical (unpaired) electrons. The van der Waals surface area contributed by atoms with Crippen LogP contribution in [0, 0.1) is 0 Å². The fourth-order valence-electron chi connectivity index (χ4n) is 2.01. The van der Waals surface area contributed by atoms with Crippen LogP contribution < -0.4 is 5.73 Å². The fourth-order valence-corrected chi connectivity index (χ4v) is 2.85. The number of nitrogens with two attached hydrogens (primary N) is 1. The maximum Gasteiger partial charge on any atom is 0.0858 e. The number of nitrogens with zero attached hydrogens (tertiary/aromatic N) is 1. The van der Waals surface area contributed by atoms with E-state index in [0.29, 0.717) is 5.25 Å². The summed E-state index contributed by atoms with van der Waals surface area (Å²) in [4.78, 5) is 3.26. The Balaban J connectivity index is 2.87. The Hall–Kier alpha value is -0.550. The zero-order valence-corrected chi connectivity index (χ0v) is 12.4. The summed E-state index contributed by atoms with van der Waals surface area (Å²) in [6, 6.07) is 8.33. The number of likely N-dealkylation sites (N-methyl/N-ethyl adjacent to an activating group) is 1. The standard InChI is InChI=1S/C14H24N2OS/c1-10(2)18-12-7-5-11(6-8-12)14(16(3)4)13(17)9-15/h5-8,10,13-14,17H,9,15H2,1-4H3. The maximum absolute atomic E-state index is 9.98. The van der Waals surface area contributed by atoms with E-state index in [-0.39, 0.29) is 12.6 Å². The molecule has 3 N–H and O–H groups in total. The van der Waals surface area contributed by atoms with Crippen molar-refractivity contribution in [3.05, 3.63) is 29.8 Å². The average molecular weight is 268 g/mol. The summed E-state index contributed by atoms with van der Waals surface area (Å²) >= 11 is 1.84. The zero-order valence-electron chi connectivity index (χ0n) is 11.6. The van der Waals surface area contributed by atoms with Crippen molar-refractivity contribution in [2.24, 2.45) is 5.73 Å². The van der Waals surface area contributed by atoms with Crippen LogP contribution in [0.15, 0.2) is 29.2 Å². The van der Waals surface area contributed by atoms with Gasteiger partial charge in [0.1, 0.15) is 0 Å². The van der Waals surface area contributed by atoms with Gasteiger partial charge in [-0.2, -0.15) is 0 Å². The van der Waals surface area contributed by atoms with Crippen LogP contribution in [-0.4, -0.2) is 42.0 Å². The monoisotopic (exact) mass is 268 g/mol. The van der Waals surface area contributed by atoms with Crippen molar-refractivity contribution < 1.29 is 5.11 Å². The highest BCUT2D eigenvalue weighted by Gasteiger charge is 2.21. The van der Waals surface area contributed by atoms with Gasteiger partial charge in [-0.15, -0.1) is 11.8 Å². The second-order valence-electron chi connectivity index (χ2n) is 4.95. The summed E-state index contributed by atoms with van der Waals surface area (Å²) in [6.07, 6.45) is -0.538. The van der Waals surface area contributed by atoms with E-state index in [4.69, 9.17) is 5.73 Å². The Kier molecular flexibility index (Phi) is 6.15. The molecule has 1 rings (SSSR count). The lowest BCUT2D eigenvalue weighted by Gasteiger charge is -2.28. The maximum atomic E-state index is 9.98. The first kappa shape index (κ1) is 15.5. The lowest BCUT2D eigenvalue weighted by molar-refractivity contribution is 0.0823. The van der Waals surface area contributed by atoms with E-state index in [1.807, 2.05) is 30.8 Å². The highest BCUT2D eigenvalue weighted by atomic mass is 32.2. The summed E-state index contributed by atoms with van der Waals surface area (Å²) < 4.78 is 0. The molecule has 0 aliphatic carbocycles. The Bertz CT molecular complexity index is 351. The van der Waals surface area contributed by atoms with E-state index < -0.39 is 6.10 Å². The largest absolute Gasteiger partial charge is 0.390 e. The van der Waals surface area contributed by atoms with Crippen LogP contribution in [-0.2, 0) is 0 Å². The Morgan fingerprint density at radius 1 is 1.22 bits per heavy atom. The van der Waals surface area contributed by atoms with Crippen molar-refractivity contribution in [1.82, 2.24) is 4.90 Å². The van der Waals surface area contributed by atoms with Crippen LogP contribution in [0.25, 0.3) is 0 Å². The number of aliphatic hydroxyl groups is 1. The number of hydrogen-bond acceptors (Lipinski definition) is 4. The molecule has 4 heteroatoms. The van der Waals surface area contributed by atoms with Crippen molar-refractivity contribution >= 4 is 11.8 Å². The fraction of sp³-hybridized carbons (Fsp3) is 0.571. The topological polar surface area (TPSA) is 49.5 Å². The summed E-state index contributed by atoms with van der Waals surface area (Å²) in [5, 5.41) is 10.6. The molecule has 0 amide bonds. The lowest BCUT2D eigenvalue weighted by atomic mass is 10.0. The van der Waals surface area contributed by atoms with E-state index >= 15 is 0 Å². The smallest absolute Gasteiger partial charge is 0.0858 e. The number of benzene rings is 1. The van der Waals surface area contributed by atoms with Crippen LogP contribution in [0.3, 0.4) is 0 Å². The quantitative estimate of drug-likeness (QED) is 0.776. The van der Waals surface area contributed by atoms with Gasteiger partial charge < -0.3 is 15.7 Å². The normalized spacial score (nSPS) is 15.1. The molecule has 1 aromatic rings. The minimum absolute atomic E-state index is 0.0481. The first-order valence-corrected chi connectivity index (χ1v) is 7.14. The molecule has 0 aliphatic rings. The van der Waals surface area contributed by atoms with Gasteiger partial charge in [0.25, 0.3) is 0 Å². The van der Waals surface area contributed by atoms with E-state index in [9.17, 15) is 5.11 Å². The van der Waals surface area contributed by atoms with Gasteiger partial charge in [0.15, 0.2) is 0 Å². The molecule has 0 spiro atoms. The number of aliphatic hydroxyl groups excluding tert-OH is 1. The first-order chi connectivity index (χ1) is 8.45. The molecule has 0 saturated heterocycles. The third-order valence-corrected chi connectivity index (χ3v) is 3.77. The molecule has 2 atom stereocenters. The van der Waals surface area contributed by atoms with Crippen molar-refractivity contribution in [2.75, 3.05) is 20.6 Å². The molecular weight excluding hydrogens is 244 g/mol. The number of hydrogen-bond donors (Lipinski definition) is 2. The van der Waals surface area contributed by atoms with E-state index in [2.05, 4.69) is 38.1 Å². The highest BCUT2D eigenvalue weighted by molar-refractivity contribution is 7.99. The molecule has 0 fully saturated rings. The van der Waals surface area contributed by atoms with Crippen LogP contribution in [0.2, 0.25) is 0 Å². The van der Waals surface area contributed by atoms with Crippen LogP contribution >= 0.6 is 11.8 Å². The molecule has 2 unspecified atom stereocenters. The van der Waals surface area contributed by atoms with Gasteiger partial charge in [-0.05, 0) is 31.8 Å². The van der Waals surface area contributed by atoms with E-state index in [1.165, 1.54) is 4.90 Å². The Morgan fingerprint density at radius 2 is 1.78 bits per heavy atom. The highest BCUT2D eigenvalue weighted by Crippen LogP contribution is 2.27. The zero-order chi connectivity index (χ0) is 13.7. The minimum Gasteiger partial charge on any atom is -0.390 e. The summed E-state index contributed by atoms with van der Waals surface area (Å²) in [5.74, 6) is 0. The molecule has 3 nitrogen and oxygen atoms in total. The molecule has 0 heterocycles. The third kappa shape index (κ3) is 4.28. The van der Waals surface area contributed by atoms with Gasteiger partial charge in [0.2, 0.25) is 0 Å². The van der Waals surface area contributed by atoms with Crippen molar-refractivity contribution in [3.8, 4) is 0 Å². The van der Waals surface area contributed by atoms with Gasteiger partial charge in [0.05, 0.1) is 12.1 Å². The predicted octanol–water partition coefficient (Wildman–Crippen LogP) is 2.11. The molecule has 1 aromatic carbocycles. The van der Waals surface area contributed by atoms with Crippen LogP contribution in [0.5, 0.6) is 0 Å². The Morgan fingerprint density at radius 3 is 2.17 bits per heavy atom. The lowest BCUT2D eigenvalue weighted by Crippen LogP contribution is -2.36. The van der Waals surface area contributed by atoms with E-state index in [1.54, 1.807) is 0 Å². The van der Waals surface area contributed by atoms with Gasteiger partial charge in [-0.3, -0.25) is 0 Å². The van der Waals surface area contributed by atoms with Crippen molar-refractivity contribution in [3.63, 3.8) is 0 Å². The Labute approximate surface area is 114 Å². The predicted molar refractivity (Wildman–Crippen MR) is 78.9 cm³/mol. The molecule has 102 valence electrons. The number of thioether (sulfide) groups is 1.